The van der Waals surface area contributed by atoms with E-state index in [-0.39, 0.29) is 0 Å². The zero-order valence-corrected chi connectivity index (χ0v) is 3.94. The summed E-state index contributed by atoms with van der Waals surface area (Å²) >= 11 is 4.53. The minimum absolute atomic E-state index is 1.22. The Balaban J connectivity index is 3.58. The van der Waals surface area contributed by atoms with Crippen LogP contribution in [0.4, 0.5) is 0 Å². The summed E-state index contributed by atoms with van der Waals surface area (Å²) in [6.45, 7) is 0. The summed E-state index contributed by atoms with van der Waals surface area (Å²) < 4.78 is 3.39. The SMILES string of the molecule is [B]OC(=O)C(=O)Cl. The van der Waals surface area contributed by atoms with Gasteiger partial charge in [0.25, 0.3) is 0 Å². The lowest BCUT2D eigenvalue weighted by molar-refractivity contribution is -0.142. The molecular formula is C2BClO3. The van der Waals surface area contributed by atoms with E-state index in [0.29, 0.717) is 0 Å². The quantitative estimate of drug-likeness (QED) is 0.262. The molecule has 2 radical (unpaired) electrons. The molecule has 0 aliphatic carbocycles. The second-order valence-electron chi connectivity index (χ2n) is 0.679. The fourth-order valence-electron chi connectivity index (χ4n) is 0.0463. The number of halogens is 1. The number of rotatable bonds is 1. The van der Waals surface area contributed by atoms with Crippen LogP contribution in [0.2, 0.25) is 0 Å². The van der Waals surface area contributed by atoms with Crippen molar-refractivity contribution in [3.8, 4) is 0 Å². The molecule has 36 valence electrons. The maximum Gasteiger partial charge on any atom is 0.379 e. The molecule has 0 aliphatic rings. The predicted octanol–water partition coefficient (Wildman–Crippen LogP) is -0.622. The van der Waals surface area contributed by atoms with Crippen molar-refractivity contribution >= 4 is 30.9 Å². The lowest BCUT2D eigenvalue weighted by Crippen LogP contribution is -2.08. The van der Waals surface area contributed by atoms with Crippen molar-refractivity contribution in [3.05, 3.63) is 0 Å². The highest BCUT2D eigenvalue weighted by atomic mass is 35.5. The van der Waals surface area contributed by atoms with Gasteiger partial charge < -0.3 is 4.65 Å². The van der Waals surface area contributed by atoms with Crippen LogP contribution in [-0.4, -0.2) is 19.3 Å². The van der Waals surface area contributed by atoms with Crippen LogP contribution in [0.25, 0.3) is 0 Å². The molecule has 0 heterocycles. The molecule has 0 spiro atoms. The van der Waals surface area contributed by atoms with Crippen molar-refractivity contribution in [1.29, 1.82) is 0 Å². The van der Waals surface area contributed by atoms with Gasteiger partial charge in [0.05, 0.1) is 0 Å². The first-order chi connectivity index (χ1) is 3.18. The summed E-state index contributed by atoms with van der Waals surface area (Å²) in [5.74, 6) is -1.25. The number of carbonyl (C=O) groups excluding carboxylic acids is 2. The summed E-state index contributed by atoms with van der Waals surface area (Å²) in [5, 5.41) is -1.22. The number of hydrogen-bond acceptors (Lipinski definition) is 3. The minimum Gasteiger partial charge on any atom is -0.537 e. The molecule has 0 unspecified atom stereocenters. The third-order valence-corrected chi connectivity index (χ3v) is 0.422. The molecule has 0 rings (SSSR count). The second kappa shape index (κ2) is 2.63. The van der Waals surface area contributed by atoms with Gasteiger partial charge in [-0.05, 0) is 11.6 Å². The summed E-state index contributed by atoms with van der Waals surface area (Å²) in [4.78, 5) is 19.3. The van der Waals surface area contributed by atoms with Crippen LogP contribution in [0.1, 0.15) is 0 Å². The summed E-state index contributed by atoms with van der Waals surface area (Å²) in [5.41, 5.74) is 0. The first-order valence-electron chi connectivity index (χ1n) is 1.29. The lowest BCUT2D eigenvalue weighted by Gasteiger charge is -1.85. The second-order valence-corrected chi connectivity index (χ2v) is 1.02. The van der Waals surface area contributed by atoms with Gasteiger partial charge in [0, 0.05) is 0 Å². The van der Waals surface area contributed by atoms with E-state index in [1.165, 1.54) is 0 Å². The first kappa shape index (κ1) is 6.49. The Kier molecular flexibility index (Phi) is 2.44. The molecule has 7 heavy (non-hydrogen) atoms. The van der Waals surface area contributed by atoms with Gasteiger partial charge in [-0.25, -0.2) is 4.79 Å². The molecule has 0 N–H and O–H groups in total. The van der Waals surface area contributed by atoms with Crippen LogP contribution in [0.15, 0.2) is 0 Å². The lowest BCUT2D eigenvalue weighted by atomic mass is 10.6. The van der Waals surface area contributed by atoms with Crippen molar-refractivity contribution in [2.45, 2.75) is 0 Å². The average Bonchev–Trinajstić information content (AvgIpc) is 1.65. The van der Waals surface area contributed by atoms with Gasteiger partial charge in [-0.3, -0.25) is 4.79 Å². The number of carbonyl (C=O) groups is 2. The van der Waals surface area contributed by atoms with Crippen LogP contribution in [0.5, 0.6) is 0 Å². The van der Waals surface area contributed by atoms with Crippen molar-refractivity contribution in [1.82, 2.24) is 0 Å². The van der Waals surface area contributed by atoms with E-state index >= 15 is 0 Å². The molecule has 0 saturated heterocycles. The van der Waals surface area contributed by atoms with Crippen LogP contribution < -0.4 is 0 Å². The zero-order chi connectivity index (χ0) is 5.86. The molecule has 0 aromatic carbocycles. The van der Waals surface area contributed by atoms with Gasteiger partial charge in [0.2, 0.25) is 0 Å². The zero-order valence-electron chi connectivity index (χ0n) is 3.18. The van der Waals surface area contributed by atoms with Gasteiger partial charge in [-0.15, -0.1) is 0 Å². The molecule has 0 atom stereocenters. The van der Waals surface area contributed by atoms with E-state index in [1.54, 1.807) is 0 Å². The average molecular weight is 118 g/mol. The summed E-state index contributed by atoms with van der Waals surface area (Å²) in [6.07, 6.45) is 0. The van der Waals surface area contributed by atoms with Crippen molar-refractivity contribution in [2.24, 2.45) is 0 Å². The van der Waals surface area contributed by atoms with Crippen LogP contribution in [0.3, 0.4) is 0 Å². The van der Waals surface area contributed by atoms with E-state index in [0.717, 1.165) is 0 Å². The summed E-state index contributed by atoms with van der Waals surface area (Å²) in [6, 6.07) is 0. The minimum atomic E-state index is -1.25. The van der Waals surface area contributed by atoms with E-state index in [9.17, 15) is 9.59 Å². The fourth-order valence-corrected chi connectivity index (χ4v) is 0.0909. The normalized spacial score (nSPS) is 7.57. The third-order valence-electron chi connectivity index (χ3n) is 0.268. The Morgan fingerprint density at radius 3 is 2.00 bits per heavy atom. The Morgan fingerprint density at radius 2 is 2.00 bits per heavy atom. The molecule has 0 saturated carbocycles. The highest BCUT2D eigenvalue weighted by Gasteiger charge is 2.06. The van der Waals surface area contributed by atoms with Crippen LogP contribution in [-0.2, 0) is 14.2 Å². The smallest absolute Gasteiger partial charge is 0.379 e. The van der Waals surface area contributed by atoms with E-state index in [1.807, 2.05) is 0 Å². The molecule has 0 amide bonds. The first-order valence-corrected chi connectivity index (χ1v) is 1.67. The molecular weight excluding hydrogens is 118 g/mol. The third kappa shape index (κ3) is 2.22. The van der Waals surface area contributed by atoms with Gasteiger partial charge in [0.15, 0.2) is 0 Å². The summed E-state index contributed by atoms with van der Waals surface area (Å²) in [7, 11) is 4.22. The Labute approximate surface area is 46.0 Å². The topological polar surface area (TPSA) is 43.4 Å². The predicted molar refractivity (Wildman–Crippen MR) is 22.7 cm³/mol. The molecule has 0 bridgehead atoms. The largest absolute Gasteiger partial charge is 0.537 e. The maximum absolute atomic E-state index is 9.68. The van der Waals surface area contributed by atoms with Crippen molar-refractivity contribution < 1.29 is 14.2 Å². The van der Waals surface area contributed by atoms with Crippen molar-refractivity contribution in [3.63, 3.8) is 0 Å². The van der Waals surface area contributed by atoms with Gasteiger partial charge in [0.1, 0.15) is 0 Å². The van der Waals surface area contributed by atoms with Crippen LogP contribution >= 0.6 is 11.6 Å². The van der Waals surface area contributed by atoms with Gasteiger partial charge in [-0.1, -0.05) is 0 Å². The van der Waals surface area contributed by atoms with Crippen molar-refractivity contribution in [2.75, 3.05) is 0 Å². The standard InChI is InChI=1S/C2BClO3/c3-7-2(6)1(4)5. The molecule has 5 heteroatoms. The van der Waals surface area contributed by atoms with Gasteiger partial charge in [-0.2, -0.15) is 0 Å². The van der Waals surface area contributed by atoms with E-state index in [2.05, 4.69) is 24.3 Å². The Hall–Kier alpha value is -0.505. The Morgan fingerprint density at radius 1 is 1.57 bits per heavy atom. The van der Waals surface area contributed by atoms with E-state index < -0.39 is 11.2 Å². The molecule has 0 aromatic heterocycles. The van der Waals surface area contributed by atoms with E-state index in [4.69, 9.17) is 0 Å². The van der Waals surface area contributed by atoms with Gasteiger partial charge >= 0.3 is 19.3 Å². The highest BCUT2D eigenvalue weighted by molar-refractivity contribution is 6.80. The maximum atomic E-state index is 9.68. The highest BCUT2D eigenvalue weighted by Crippen LogP contribution is 1.80. The monoisotopic (exact) mass is 118 g/mol. The number of hydrogen-bond donors (Lipinski definition) is 0. The molecule has 0 aromatic rings. The fraction of sp³-hybridized carbons (Fsp3) is 0. The molecule has 3 nitrogen and oxygen atoms in total. The molecule has 0 aliphatic heterocycles. The van der Waals surface area contributed by atoms with Crippen LogP contribution in [0, 0.1) is 0 Å². The molecule has 0 fully saturated rings. The Bertz CT molecular complexity index is 101.